The van der Waals surface area contributed by atoms with Crippen molar-refractivity contribution in [2.45, 2.75) is 38.2 Å². The summed E-state index contributed by atoms with van der Waals surface area (Å²) in [5, 5.41) is 10.8. The molecule has 151 valence electrons. The summed E-state index contributed by atoms with van der Waals surface area (Å²) >= 11 is 0. The third-order valence-electron chi connectivity index (χ3n) is 6.08. The first-order valence-electron chi connectivity index (χ1n) is 10.7. The van der Waals surface area contributed by atoms with Crippen LogP contribution in [0.3, 0.4) is 0 Å². The third-order valence-corrected chi connectivity index (χ3v) is 6.08. The van der Waals surface area contributed by atoms with Crippen LogP contribution in [0.1, 0.15) is 48.6 Å². The van der Waals surface area contributed by atoms with Gasteiger partial charge < -0.3 is 5.11 Å². The van der Waals surface area contributed by atoms with Crippen LogP contribution in [0, 0.1) is 6.42 Å². The number of hydrogen-bond donors (Lipinski definition) is 1. The molecule has 0 fully saturated rings. The summed E-state index contributed by atoms with van der Waals surface area (Å²) in [6.07, 6.45) is 7.94. The van der Waals surface area contributed by atoms with Gasteiger partial charge in [-0.25, -0.2) is 0 Å². The first-order chi connectivity index (χ1) is 14.5. The largest absolute Gasteiger partial charge is 0.388 e. The van der Waals surface area contributed by atoms with E-state index in [4.69, 9.17) is 0 Å². The highest BCUT2D eigenvalue weighted by atomic mass is 16.3. The van der Waals surface area contributed by atoms with Crippen LogP contribution in [-0.4, -0.2) is 5.11 Å². The standard InChI is InChI=1S/C29H29O/c1-29(2,26-16-7-4-8-17-26)27-18-10-14-24(21-27)23-13-9-15-25(20-23)28(30)19-22-11-5-3-6-12-22/h3-9,11-18,20-21,28,30H,10,19H2,1-2H3. The van der Waals surface area contributed by atoms with Crippen molar-refractivity contribution in [1.82, 2.24) is 0 Å². The lowest BCUT2D eigenvalue weighted by atomic mass is 9.74. The van der Waals surface area contributed by atoms with E-state index in [0.29, 0.717) is 6.42 Å². The molecule has 0 saturated heterocycles. The highest BCUT2D eigenvalue weighted by molar-refractivity contribution is 5.77. The number of benzene rings is 3. The van der Waals surface area contributed by atoms with Gasteiger partial charge in [-0.05, 0) is 52.3 Å². The Hall–Kier alpha value is -2.90. The molecule has 30 heavy (non-hydrogen) atoms. The number of aliphatic hydroxyl groups is 1. The maximum atomic E-state index is 10.8. The molecule has 1 N–H and O–H groups in total. The maximum Gasteiger partial charge on any atom is 0.0830 e. The molecule has 0 heterocycles. The second kappa shape index (κ2) is 8.85. The third kappa shape index (κ3) is 4.47. The first kappa shape index (κ1) is 20.4. The van der Waals surface area contributed by atoms with Gasteiger partial charge in [0, 0.05) is 11.8 Å². The Balaban J connectivity index is 1.58. The monoisotopic (exact) mass is 393 g/mol. The van der Waals surface area contributed by atoms with Gasteiger partial charge in [-0.1, -0.05) is 105 Å². The predicted octanol–water partition coefficient (Wildman–Crippen LogP) is 6.86. The molecule has 3 aromatic rings. The molecule has 0 saturated carbocycles. The molecule has 4 rings (SSSR count). The molecule has 1 heteroatoms. The summed E-state index contributed by atoms with van der Waals surface area (Å²) in [7, 11) is 0. The zero-order valence-corrected chi connectivity index (χ0v) is 17.8. The summed E-state index contributed by atoms with van der Waals surface area (Å²) in [6.45, 7) is 4.57. The molecule has 0 spiro atoms. The van der Waals surface area contributed by atoms with Gasteiger partial charge in [0.15, 0.2) is 0 Å². The highest BCUT2D eigenvalue weighted by Crippen LogP contribution is 2.38. The van der Waals surface area contributed by atoms with Crippen molar-refractivity contribution in [3.05, 3.63) is 131 Å². The van der Waals surface area contributed by atoms with Crippen molar-refractivity contribution >= 4 is 5.57 Å². The molecule has 0 amide bonds. The Morgan fingerprint density at radius 1 is 0.867 bits per heavy atom. The number of aliphatic hydroxyl groups excluding tert-OH is 1. The Kier molecular flexibility index (Phi) is 6.01. The van der Waals surface area contributed by atoms with E-state index in [9.17, 15) is 5.11 Å². The van der Waals surface area contributed by atoms with Crippen LogP contribution in [0.4, 0.5) is 0 Å². The maximum absolute atomic E-state index is 10.8. The van der Waals surface area contributed by atoms with Crippen LogP contribution in [0.15, 0.2) is 103 Å². The van der Waals surface area contributed by atoms with Crippen molar-refractivity contribution in [2.75, 3.05) is 0 Å². The molecule has 1 radical (unpaired) electrons. The van der Waals surface area contributed by atoms with Gasteiger partial charge in [0.05, 0.1) is 6.10 Å². The summed E-state index contributed by atoms with van der Waals surface area (Å²) in [4.78, 5) is 0. The lowest BCUT2D eigenvalue weighted by molar-refractivity contribution is 0.178. The second-order valence-electron chi connectivity index (χ2n) is 8.52. The molecule has 1 aliphatic carbocycles. The molecule has 3 aromatic carbocycles. The van der Waals surface area contributed by atoms with Crippen LogP contribution >= 0.6 is 0 Å². The summed E-state index contributed by atoms with van der Waals surface area (Å²) < 4.78 is 0. The molecule has 0 aliphatic heterocycles. The van der Waals surface area contributed by atoms with E-state index in [2.05, 4.69) is 87.0 Å². The lowest BCUT2D eigenvalue weighted by Gasteiger charge is -2.30. The van der Waals surface area contributed by atoms with Crippen LogP contribution in [0.5, 0.6) is 0 Å². The second-order valence-corrected chi connectivity index (χ2v) is 8.52. The van der Waals surface area contributed by atoms with Gasteiger partial charge in [-0.15, -0.1) is 0 Å². The van der Waals surface area contributed by atoms with Crippen LogP contribution in [0.25, 0.3) is 5.57 Å². The first-order valence-corrected chi connectivity index (χ1v) is 10.7. The minimum absolute atomic E-state index is 0.0504. The van der Waals surface area contributed by atoms with E-state index in [0.717, 1.165) is 23.1 Å². The average molecular weight is 394 g/mol. The highest BCUT2D eigenvalue weighted by Gasteiger charge is 2.26. The van der Waals surface area contributed by atoms with Crippen molar-refractivity contribution in [2.24, 2.45) is 0 Å². The molecule has 1 unspecified atom stereocenters. The van der Waals surface area contributed by atoms with Crippen LogP contribution in [0.2, 0.25) is 0 Å². The minimum atomic E-state index is -0.507. The number of hydrogen-bond acceptors (Lipinski definition) is 1. The molecular weight excluding hydrogens is 364 g/mol. The zero-order valence-electron chi connectivity index (χ0n) is 17.8. The van der Waals surface area contributed by atoms with Gasteiger partial charge in [0.25, 0.3) is 0 Å². The fraction of sp³-hybridized carbons (Fsp3) is 0.207. The number of rotatable bonds is 6. The normalized spacial score (nSPS) is 15.3. The molecule has 1 nitrogen and oxygen atoms in total. The molecular formula is C29H29O. The van der Waals surface area contributed by atoms with Crippen molar-refractivity contribution in [3.8, 4) is 0 Å². The SMILES string of the molecule is CC(C)(C1=CC[CH]C(c2cccc(C(O)Cc3ccccc3)c2)=C1)c1ccccc1. The average Bonchev–Trinajstić information content (AvgIpc) is 2.80. The van der Waals surface area contributed by atoms with E-state index >= 15 is 0 Å². The van der Waals surface area contributed by atoms with E-state index in [1.54, 1.807) is 0 Å². The lowest BCUT2D eigenvalue weighted by Crippen LogP contribution is -2.20. The molecule has 0 aromatic heterocycles. The van der Waals surface area contributed by atoms with Gasteiger partial charge in [-0.2, -0.15) is 0 Å². The summed E-state index contributed by atoms with van der Waals surface area (Å²) in [6, 6.07) is 29.2. The van der Waals surface area contributed by atoms with Crippen LogP contribution in [-0.2, 0) is 11.8 Å². The zero-order chi connectivity index (χ0) is 21.0. The van der Waals surface area contributed by atoms with E-state index < -0.39 is 6.10 Å². The molecule has 0 bridgehead atoms. The van der Waals surface area contributed by atoms with Gasteiger partial charge >= 0.3 is 0 Å². The van der Waals surface area contributed by atoms with Crippen molar-refractivity contribution in [1.29, 1.82) is 0 Å². The molecule has 1 atom stereocenters. The Bertz CT molecular complexity index is 1040. The Morgan fingerprint density at radius 3 is 2.30 bits per heavy atom. The van der Waals surface area contributed by atoms with Gasteiger partial charge in [0.2, 0.25) is 0 Å². The van der Waals surface area contributed by atoms with E-state index in [1.807, 2.05) is 30.3 Å². The van der Waals surface area contributed by atoms with Crippen LogP contribution < -0.4 is 0 Å². The van der Waals surface area contributed by atoms with Gasteiger partial charge in [-0.3, -0.25) is 0 Å². The Morgan fingerprint density at radius 2 is 1.57 bits per heavy atom. The van der Waals surface area contributed by atoms with Crippen molar-refractivity contribution in [3.63, 3.8) is 0 Å². The fourth-order valence-electron chi connectivity index (χ4n) is 4.14. The van der Waals surface area contributed by atoms with E-state index in [-0.39, 0.29) is 5.41 Å². The predicted molar refractivity (Wildman–Crippen MR) is 126 cm³/mol. The fourth-order valence-corrected chi connectivity index (χ4v) is 4.14. The summed E-state index contributed by atoms with van der Waals surface area (Å²) in [5.74, 6) is 0. The minimum Gasteiger partial charge on any atom is -0.388 e. The topological polar surface area (TPSA) is 20.2 Å². The smallest absolute Gasteiger partial charge is 0.0830 e. The summed E-state index contributed by atoms with van der Waals surface area (Å²) in [5.41, 5.74) is 7.10. The van der Waals surface area contributed by atoms with Gasteiger partial charge in [0.1, 0.15) is 0 Å². The Labute approximate surface area is 180 Å². The van der Waals surface area contributed by atoms with E-state index in [1.165, 1.54) is 16.7 Å². The van der Waals surface area contributed by atoms with Crippen molar-refractivity contribution < 1.29 is 5.11 Å². The quantitative estimate of drug-likeness (QED) is 0.485. The molecule has 1 aliphatic rings. The number of allylic oxidation sites excluding steroid dienone is 4.